The summed E-state index contributed by atoms with van der Waals surface area (Å²) in [5.74, 6) is -0.960. The van der Waals surface area contributed by atoms with Gasteiger partial charge in [0.1, 0.15) is 13.2 Å². The smallest absolute Gasteiger partial charge is 0.306 e. The molecule has 1 unspecified atom stereocenters. The molecule has 0 heterocycles. The summed E-state index contributed by atoms with van der Waals surface area (Å²) in [4.78, 5) is 38.3. The van der Waals surface area contributed by atoms with Gasteiger partial charge in [-0.3, -0.25) is 14.4 Å². The Morgan fingerprint density at radius 1 is 0.263 bits per heavy atom. The second kappa shape index (κ2) is 68.3. The Balaban J connectivity index is 4.28. The van der Waals surface area contributed by atoms with Crippen LogP contribution in [0.3, 0.4) is 0 Å². The van der Waals surface area contributed by atoms with Crippen LogP contribution >= 0.6 is 0 Å². The van der Waals surface area contributed by atoms with Crippen LogP contribution in [0.25, 0.3) is 0 Å². The molecule has 0 amide bonds. The third kappa shape index (κ3) is 65.7. The maximum absolute atomic E-state index is 12.9. The maximum atomic E-state index is 12.9. The van der Waals surface area contributed by atoms with Crippen molar-refractivity contribution in [3.05, 3.63) is 72.9 Å². The lowest BCUT2D eigenvalue weighted by Gasteiger charge is -2.18. The molecule has 0 aromatic carbocycles. The highest BCUT2D eigenvalue weighted by atomic mass is 16.6. The van der Waals surface area contributed by atoms with Gasteiger partial charge < -0.3 is 14.2 Å². The molecule has 1 atom stereocenters. The Labute approximate surface area is 497 Å². The van der Waals surface area contributed by atoms with Crippen LogP contribution in [0.1, 0.15) is 361 Å². The lowest BCUT2D eigenvalue weighted by atomic mass is 10.0. The van der Waals surface area contributed by atoms with Gasteiger partial charge in [-0.1, -0.05) is 338 Å². The predicted molar refractivity (Wildman–Crippen MR) is 348 cm³/mol. The molecule has 0 rings (SSSR count). The molecular formula is C74H132O6. The van der Waals surface area contributed by atoms with E-state index >= 15 is 0 Å². The van der Waals surface area contributed by atoms with Gasteiger partial charge >= 0.3 is 17.9 Å². The Bertz CT molecular complexity index is 1470. The second-order valence-corrected chi connectivity index (χ2v) is 23.4. The van der Waals surface area contributed by atoms with Gasteiger partial charge in [-0.2, -0.15) is 0 Å². The van der Waals surface area contributed by atoms with Crippen LogP contribution in [-0.4, -0.2) is 37.2 Å². The summed E-state index contributed by atoms with van der Waals surface area (Å²) in [6, 6.07) is 0. The summed E-state index contributed by atoms with van der Waals surface area (Å²) < 4.78 is 16.9. The Morgan fingerprint density at radius 3 is 0.838 bits per heavy atom. The van der Waals surface area contributed by atoms with E-state index in [1.165, 1.54) is 244 Å². The molecule has 6 nitrogen and oxygen atoms in total. The fraction of sp³-hybridized carbons (Fsp3) is 0.797. The third-order valence-electron chi connectivity index (χ3n) is 15.5. The standard InChI is InChI=1S/C74H132O6/c1-4-7-10-13-16-19-22-25-27-29-31-33-35-37-39-40-42-44-46-49-52-55-58-61-64-67-73(76)79-70-71(69-78-72(75)66-63-60-57-54-51-48-24-21-18-15-12-9-6-3)80-74(77)68-65-62-59-56-53-50-47-45-43-41-38-36-34-32-30-28-26-23-20-17-14-11-8-5-2/h9,12,18,21-22,25,29,31,48,51,57,60,71H,4-8,10-11,13-17,19-20,23-24,26-28,30,32-47,49-50,52-56,58-59,61-70H2,1-3H3/b12-9-,21-18-,25-22-,31-29-,51-48-,60-57-. The molecule has 0 bridgehead atoms. The molecule has 0 saturated heterocycles. The summed E-state index contributed by atoms with van der Waals surface area (Å²) in [5, 5.41) is 0. The molecule has 0 aliphatic carbocycles. The van der Waals surface area contributed by atoms with E-state index in [1.54, 1.807) is 0 Å². The maximum Gasteiger partial charge on any atom is 0.306 e. The summed E-state index contributed by atoms with van der Waals surface area (Å²) in [6.45, 7) is 6.51. The Hall–Kier alpha value is -3.15. The second-order valence-electron chi connectivity index (χ2n) is 23.4. The number of unbranched alkanes of at least 4 members (excludes halogenated alkanes) is 41. The third-order valence-corrected chi connectivity index (χ3v) is 15.5. The van der Waals surface area contributed by atoms with E-state index in [0.29, 0.717) is 19.3 Å². The van der Waals surface area contributed by atoms with E-state index in [1.807, 2.05) is 6.08 Å². The van der Waals surface area contributed by atoms with Gasteiger partial charge in [0.25, 0.3) is 0 Å². The molecule has 0 aromatic heterocycles. The number of carbonyl (C=O) groups is 3. The van der Waals surface area contributed by atoms with Gasteiger partial charge in [-0.25, -0.2) is 0 Å². The molecule has 0 fully saturated rings. The molecule has 6 heteroatoms. The summed E-state index contributed by atoms with van der Waals surface area (Å²) in [7, 11) is 0. The predicted octanol–water partition coefficient (Wildman–Crippen LogP) is 24.1. The SMILES string of the molecule is CC/C=C\C/C=C\C/C=C\C/C=C\CCC(=O)OCC(COC(=O)CCCCCCCCCCCCCCC/C=C\C/C=C\CCCCCCC)OC(=O)CCCCCCCCCCCCCCCCCCCCCCCCCC. The van der Waals surface area contributed by atoms with Gasteiger partial charge in [0, 0.05) is 19.3 Å². The van der Waals surface area contributed by atoms with Crippen molar-refractivity contribution < 1.29 is 28.6 Å². The zero-order chi connectivity index (χ0) is 57.8. The number of hydrogen-bond acceptors (Lipinski definition) is 6. The van der Waals surface area contributed by atoms with Crippen LogP contribution in [0.2, 0.25) is 0 Å². The first-order chi connectivity index (χ1) is 39.5. The fourth-order valence-electron chi connectivity index (χ4n) is 10.3. The summed E-state index contributed by atoms with van der Waals surface area (Å²) in [6.07, 6.45) is 89.5. The van der Waals surface area contributed by atoms with Gasteiger partial charge in [0.15, 0.2) is 6.10 Å². The molecule has 0 radical (unpaired) electrons. The molecule has 0 aliphatic heterocycles. The minimum Gasteiger partial charge on any atom is -0.462 e. The highest BCUT2D eigenvalue weighted by Crippen LogP contribution is 2.18. The summed E-state index contributed by atoms with van der Waals surface area (Å²) in [5.41, 5.74) is 0. The van der Waals surface area contributed by atoms with E-state index in [4.69, 9.17) is 14.2 Å². The minimum atomic E-state index is -0.804. The average molecular weight is 1120 g/mol. The van der Waals surface area contributed by atoms with Crippen molar-refractivity contribution in [1.29, 1.82) is 0 Å². The number of ether oxygens (including phenoxy) is 3. The van der Waals surface area contributed by atoms with Crippen LogP contribution < -0.4 is 0 Å². The monoisotopic (exact) mass is 1120 g/mol. The number of carbonyl (C=O) groups excluding carboxylic acids is 3. The van der Waals surface area contributed by atoms with Crippen molar-refractivity contribution in [1.82, 2.24) is 0 Å². The van der Waals surface area contributed by atoms with Crippen molar-refractivity contribution in [3.63, 3.8) is 0 Å². The normalized spacial score (nSPS) is 12.5. The van der Waals surface area contributed by atoms with Crippen molar-refractivity contribution in [2.75, 3.05) is 13.2 Å². The van der Waals surface area contributed by atoms with E-state index in [0.717, 1.165) is 70.6 Å². The van der Waals surface area contributed by atoms with E-state index in [-0.39, 0.29) is 37.5 Å². The number of esters is 3. The van der Waals surface area contributed by atoms with E-state index < -0.39 is 6.10 Å². The van der Waals surface area contributed by atoms with Crippen LogP contribution in [0.4, 0.5) is 0 Å². The number of hydrogen-bond donors (Lipinski definition) is 0. The molecular weight excluding hydrogens is 985 g/mol. The molecule has 0 saturated carbocycles. The zero-order valence-electron chi connectivity index (χ0n) is 53.3. The van der Waals surface area contributed by atoms with Crippen molar-refractivity contribution in [3.8, 4) is 0 Å². The van der Waals surface area contributed by atoms with Crippen LogP contribution in [0.15, 0.2) is 72.9 Å². The zero-order valence-corrected chi connectivity index (χ0v) is 53.3. The van der Waals surface area contributed by atoms with Gasteiger partial charge in [0.05, 0.1) is 0 Å². The van der Waals surface area contributed by atoms with Crippen molar-refractivity contribution >= 4 is 17.9 Å². The highest BCUT2D eigenvalue weighted by Gasteiger charge is 2.19. The molecule has 0 N–H and O–H groups in total. The highest BCUT2D eigenvalue weighted by molar-refractivity contribution is 5.71. The van der Waals surface area contributed by atoms with Crippen molar-refractivity contribution in [2.45, 2.75) is 367 Å². The van der Waals surface area contributed by atoms with Gasteiger partial charge in [-0.15, -0.1) is 0 Å². The topological polar surface area (TPSA) is 78.9 Å². The molecule has 0 aromatic rings. The first-order valence-corrected chi connectivity index (χ1v) is 34.9. The Kier molecular flexibility index (Phi) is 65.7. The largest absolute Gasteiger partial charge is 0.462 e. The first kappa shape index (κ1) is 76.9. The quantitative estimate of drug-likeness (QED) is 0.0261. The van der Waals surface area contributed by atoms with Crippen LogP contribution in [-0.2, 0) is 28.6 Å². The molecule has 0 spiro atoms. The lowest BCUT2D eigenvalue weighted by molar-refractivity contribution is -0.166. The van der Waals surface area contributed by atoms with E-state index in [9.17, 15) is 14.4 Å². The number of rotatable bonds is 64. The Morgan fingerprint density at radius 2 is 0.512 bits per heavy atom. The average Bonchev–Trinajstić information content (AvgIpc) is 3.46. The molecule has 80 heavy (non-hydrogen) atoms. The van der Waals surface area contributed by atoms with Gasteiger partial charge in [0.2, 0.25) is 0 Å². The van der Waals surface area contributed by atoms with Crippen molar-refractivity contribution in [2.24, 2.45) is 0 Å². The minimum absolute atomic E-state index is 0.0943. The summed E-state index contributed by atoms with van der Waals surface area (Å²) >= 11 is 0. The first-order valence-electron chi connectivity index (χ1n) is 34.9. The van der Waals surface area contributed by atoms with Crippen LogP contribution in [0.5, 0.6) is 0 Å². The van der Waals surface area contributed by atoms with Gasteiger partial charge in [-0.05, 0) is 77.0 Å². The molecule has 464 valence electrons. The lowest BCUT2D eigenvalue weighted by Crippen LogP contribution is -2.30. The fourth-order valence-corrected chi connectivity index (χ4v) is 10.3. The molecule has 0 aliphatic rings. The number of allylic oxidation sites excluding steroid dienone is 12. The van der Waals surface area contributed by atoms with E-state index in [2.05, 4.69) is 87.6 Å². The van der Waals surface area contributed by atoms with Crippen LogP contribution in [0, 0.1) is 0 Å².